The molecule has 24 heavy (non-hydrogen) atoms. The van der Waals surface area contributed by atoms with E-state index in [0.717, 1.165) is 45.6 Å². The summed E-state index contributed by atoms with van der Waals surface area (Å²) >= 11 is 0. The third-order valence-electron chi connectivity index (χ3n) is 4.49. The minimum absolute atomic E-state index is 0.0701. The molecule has 2 unspecified atom stereocenters. The molecule has 1 saturated heterocycles. The van der Waals surface area contributed by atoms with Crippen LogP contribution in [0.15, 0.2) is 30.3 Å². The zero-order chi connectivity index (χ0) is 17.2. The van der Waals surface area contributed by atoms with Crippen LogP contribution in [0.1, 0.15) is 31.7 Å². The van der Waals surface area contributed by atoms with Gasteiger partial charge >= 0.3 is 0 Å². The van der Waals surface area contributed by atoms with E-state index in [1.54, 1.807) is 0 Å². The van der Waals surface area contributed by atoms with Crippen LogP contribution in [-0.4, -0.2) is 56.2 Å². The van der Waals surface area contributed by atoms with Crippen LogP contribution in [0.3, 0.4) is 0 Å². The van der Waals surface area contributed by atoms with Gasteiger partial charge in [-0.05, 0) is 32.0 Å². The van der Waals surface area contributed by atoms with E-state index in [2.05, 4.69) is 46.7 Å². The fourth-order valence-electron chi connectivity index (χ4n) is 3.12. The average molecular weight is 333 g/mol. The van der Waals surface area contributed by atoms with Crippen molar-refractivity contribution < 1.29 is 9.53 Å². The second-order valence-electron chi connectivity index (χ2n) is 6.42. The summed E-state index contributed by atoms with van der Waals surface area (Å²) in [4.78, 5) is 14.5. The number of amides is 1. The Kier molecular flexibility index (Phi) is 8.22. The first-order chi connectivity index (χ1) is 11.7. The van der Waals surface area contributed by atoms with Crippen molar-refractivity contribution in [1.82, 2.24) is 15.5 Å². The number of ether oxygens (including phenoxy) is 1. The van der Waals surface area contributed by atoms with Crippen LogP contribution >= 0.6 is 0 Å². The van der Waals surface area contributed by atoms with E-state index in [1.165, 1.54) is 5.56 Å². The van der Waals surface area contributed by atoms with E-state index in [0.29, 0.717) is 6.42 Å². The summed E-state index contributed by atoms with van der Waals surface area (Å²) in [5.74, 6) is 0.126. The molecule has 1 aliphatic rings. The SMILES string of the molecule is CCC(NC(=O)CCCNC)C1CN(Cc2ccccc2)CCO1. The van der Waals surface area contributed by atoms with Crippen molar-refractivity contribution in [2.24, 2.45) is 0 Å². The highest BCUT2D eigenvalue weighted by molar-refractivity contribution is 5.76. The maximum Gasteiger partial charge on any atom is 0.220 e. The molecule has 2 rings (SSSR count). The molecule has 1 fully saturated rings. The topological polar surface area (TPSA) is 53.6 Å². The molecule has 2 atom stereocenters. The van der Waals surface area contributed by atoms with Crippen LogP contribution < -0.4 is 10.6 Å². The lowest BCUT2D eigenvalue weighted by Crippen LogP contribution is -2.53. The first-order valence-corrected chi connectivity index (χ1v) is 9.04. The van der Waals surface area contributed by atoms with E-state index in [1.807, 2.05) is 13.1 Å². The number of carbonyl (C=O) groups excluding carboxylic acids is 1. The zero-order valence-electron chi connectivity index (χ0n) is 15.0. The van der Waals surface area contributed by atoms with Gasteiger partial charge in [-0.25, -0.2) is 0 Å². The molecule has 134 valence electrons. The lowest BCUT2D eigenvalue weighted by atomic mass is 10.1. The molecule has 1 amide bonds. The Balaban J connectivity index is 1.83. The van der Waals surface area contributed by atoms with Gasteiger partial charge in [0.2, 0.25) is 5.91 Å². The number of hydrogen-bond donors (Lipinski definition) is 2. The lowest BCUT2D eigenvalue weighted by Gasteiger charge is -2.37. The van der Waals surface area contributed by atoms with Crippen molar-refractivity contribution in [3.05, 3.63) is 35.9 Å². The largest absolute Gasteiger partial charge is 0.373 e. The molecule has 1 heterocycles. The van der Waals surface area contributed by atoms with Gasteiger partial charge in [-0.3, -0.25) is 9.69 Å². The number of carbonyl (C=O) groups is 1. The second kappa shape index (κ2) is 10.4. The maximum atomic E-state index is 12.1. The predicted octanol–water partition coefficient (Wildman–Crippen LogP) is 1.78. The molecular weight excluding hydrogens is 302 g/mol. The minimum Gasteiger partial charge on any atom is -0.373 e. The van der Waals surface area contributed by atoms with Crippen LogP contribution in [0, 0.1) is 0 Å². The lowest BCUT2D eigenvalue weighted by molar-refractivity contribution is -0.124. The van der Waals surface area contributed by atoms with E-state index >= 15 is 0 Å². The molecule has 5 heteroatoms. The summed E-state index contributed by atoms with van der Waals surface area (Å²) in [5, 5.41) is 6.23. The highest BCUT2D eigenvalue weighted by Crippen LogP contribution is 2.14. The number of nitrogens with one attached hydrogen (secondary N) is 2. The molecule has 0 spiro atoms. The number of hydrogen-bond acceptors (Lipinski definition) is 4. The molecule has 0 bridgehead atoms. The molecule has 0 saturated carbocycles. The predicted molar refractivity (Wildman–Crippen MR) is 96.8 cm³/mol. The number of rotatable bonds is 9. The monoisotopic (exact) mass is 333 g/mol. The Bertz CT molecular complexity index is 481. The third kappa shape index (κ3) is 6.23. The standard InChI is InChI=1S/C19H31N3O2/c1-3-17(21-19(23)10-7-11-20-2)18-15-22(12-13-24-18)14-16-8-5-4-6-9-16/h4-6,8-9,17-18,20H,3,7,10-15H2,1-2H3,(H,21,23). The number of benzene rings is 1. The van der Waals surface area contributed by atoms with Crippen LogP contribution in [0.4, 0.5) is 0 Å². The van der Waals surface area contributed by atoms with Crippen molar-refractivity contribution in [3.63, 3.8) is 0 Å². The van der Waals surface area contributed by atoms with Crippen molar-refractivity contribution in [3.8, 4) is 0 Å². The molecule has 1 aromatic rings. The van der Waals surface area contributed by atoms with Gasteiger partial charge in [0, 0.05) is 26.1 Å². The van der Waals surface area contributed by atoms with E-state index in [9.17, 15) is 4.79 Å². The van der Waals surface area contributed by atoms with Gasteiger partial charge < -0.3 is 15.4 Å². The molecule has 1 aliphatic heterocycles. The fourth-order valence-corrected chi connectivity index (χ4v) is 3.12. The molecule has 0 aromatic heterocycles. The Labute approximate surface area is 145 Å². The smallest absolute Gasteiger partial charge is 0.220 e. The maximum absolute atomic E-state index is 12.1. The van der Waals surface area contributed by atoms with Gasteiger partial charge in [0.1, 0.15) is 0 Å². The van der Waals surface area contributed by atoms with Gasteiger partial charge in [0.05, 0.1) is 18.8 Å². The summed E-state index contributed by atoms with van der Waals surface area (Å²) in [5.41, 5.74) is 1.32. The summed E-state index contributed by atoms with van der Waals surface area (Å²) in [6, 6.07) is 10.6. The first-order valence-electron chi connectivity index (χ1n) is 9.04. The van der Waals surface area contributed by atoms with Crippen LogP contribution in [0.25, 0.3) is 0 Å². The Morgan fingerprint density at radius 2 is 2.17 bits per heavy atom. The van der Waals surface area contributed by atoms with Crippen molar-refractivity contribution in [1.29, 1.82) is 0 Å². The summed E-state index contributed by atoms with van der Waals surface area (Å²) in [7, 11) is 1.91. The molecule has 2 N–H and O–H groups in total. The van der Waals surface area contributed by atoms with Crippen molar-refractivity contribution >= 4 is 5.91 Å². The van der Waals surface area contributed by atoms with E-state index < -0.39 is 0 Å². The van der Waals surface area contributed by atoms with Gasteiger partial charge in [-0.1, -0.05) is 37.3 Å². The van der Waals surface area contributed by atoms with Crippen LogP contribution in [-0.2, 0) is 16.1 Å². The Morgan fingerprint density at radius 3 is 2.88 bits per heavy atom. The quantitative estimate of drug-likeness (QED) is 0.677. The number of morpholine rings is 1. The highest BCUT2D eigenvalue weighted by Gasteiger charge is 2.28. The molecule has 0 aliphatic carbocycles. The summed E-state index contributed by atoms with van der Waals surface area (Å²) in [6.07, 6.45) is 2.39. The van der Waals surface area contributed by atoms with Crippen molar-refractivity contribution in [2.45, 2.75) is 44.9 Å². The minimum atomic E-state index is 0.0701. The van der Waals surface area contributed by atoms with Gasteiger partial charge in [-0.15, -0.1) is 0 Å². The Morgan fingerprint density at radius 1 is 1.38 bits per heavy atom. The van der Waals surface area contributed by atoms with E-state index in [-0.39, 0.29) is 18.1 Å². The second-order valence-corrected chi connectivity index (χ2v) is 6.42. The molecule has 1 aromatic carbocycles. The summed E-state index contributed by atoms with van der Waals surface area (Å²) in [6.45, 7) is 6.45. The first kappa shape index (κ1) is 18.9. The van der Waals surface area contributed by atoms with Crippen LogP contribution in [0.5, 0.6) is 0 Å². The van der Waals surface area contributed by atoms with E-state index in [4.69, 9.17) is 4.74 Å². The highest BCUT2D eigenvalue weighted by atomic mass is 16.5. The normalized spacial score (nSPS) is 19.8. The Hall–Kier alpha value is -1.43. The fraction of sp³-hybridized carbons (Fsp3) is 0.632. The molecular formula is C19H31N3O2. The average Bonchev–Trinajstić information content (AvgIpc) is 2.61. The zero-order valence-corrected chi connectivity index (χ0v) is 15.0. The third-order valence-corrected chi connectivity index (χ3v) is 4.49. The van der Waals surface area contributed by atoms with Gasteiger partial charge in [0.25, 0.3) is 0 Å². The van der Waals surface area contributed by atoms with Gasteiger partial charge in [0.15, 0.2) is 0 Å². The van der Waals surface area contributed by atoms with Gasteiger partial charge in [-0.2, -0.15) is 0 Å². The number of nitrogens with zero attached hydrogens (tertiary/aromatic N) is 1. The summed E-state index contributed by atoms with van der Waals surface area (Å²) < 4.78 is 5.96. The molecule has 0 radical (unpaired) electrons. The van der Waals surface area contributed by atoms with Crippen LogP contribution in [0.2, 0.25) is 0 Å². The van der Waals surface area contributed by atoms with Crippen molar-refractivity contribution in [2.75, 3.05) is 33.3 Å². The molecule has 5 nitrogen and oxygen atoms in total.